The second-order valence-electron chi connectivity index (χ2n) is 13.5. The third-order valence-electron chi connectivity index (χ3n) is 9.23. The number of aromatic nitrogens is 4. The predicted molar refractivity (Wildman–Crippen MR) is 209 cm³/mol. The van der Waals surface area contributed by atoms with Crippen LogP contribution in [0.2, 0.25) is 17.3 Å². The van der Waals surface area contributed by atoms with Gasteiger partial charge in [-0.2, -0.15) is 0 Å². The summed E-state index contributed by atoms with van der Waals surface area (Å²) in [6, 6.07) is 49.2. The van der Waals surface area contributed by atoms with E-state index >= 15 is 0 Å². The first-order valence-corrected chi connectivity index (χ1v) is 24.3. The Hall–Kier alpha value is -5.34. The Morgan fingerprint density at radius 2 is 1.42 bits per heavy atom. The molecule has 0 saturated carbocycles. The van der Waals surface area contributed by atoms with Crippen LogP contribution in [-0.2, 0) is 20.1 Å². The molecule has 0 amide bonds. The van der Waals surface area contributed by atoms with Crippen molar-refractivity contribution in [2.75, 3.05) is 0 Å². The van der Waals surface area contributed by atoms with Gasteiger partial charge in [0.05, 0.1) is 28.1 Å². The number of fused-ring (bicyclic) bond motifs is 7. The van der Waals surface area contributed by atoms with Crippen molar-refractivity contribution in [3.05, 3.63) is 152 Å². The number of nitrogens with zero attached hydrogens (tertiary/aromatic N) is 4. The van der Waals surface area contributed by atoms with Crippen LogP contribution in [0.1, 0.15) is 0 Å². The molecule has 0 spiro atoms. The number of hydrogen-bond acceptors (Lipinski definition) is 5. The minimum atomic E-state index is -1.72. The molecule has 0 fully saturated rings. The number of pyridine rings is 2. The SMILES string of the molecule is [CH3][Ge]([CH3])([CH3])[c]1ccc(-c2[c-]cccc2)nc1.[Ir].[c-]1ccc2c(oc3ncccc32)c1-c1nc2ccccc2n1-c1cccc2c1oc1ccccc12. The van der Waals surface area contributed by atoms with Gasteiger partial charge in [-0.1, -0.05) is 53.4 Å². The maximum absolute atomic E-state index is 6.39. The zero-order valence-corrected chi connectivity index (χ0v) is 33.2. The van der Waals surface area contributed by atoms with Crippen LogP contribution in [-0.4, -0.2) is 32.8 Å². The molecular formula is C44H32GeIrN4O2-2. The molecule has 5 aromatic carbocycles. The smallest absolute Gasteiger partial charge is 0.216 e. The summed E-state index contributed by atoms with van der Waals surface area (Å²) in [6.07, 6.45) is 3.78. The summed E-state index contributed by atoms with van der Waals surface area (Å²) in [4.78, 5) is 14.0. The van der Waals surface area contributed by atoms with E-state index in [0.717, 1.165) is 77.7 Å². The summed E-state index contributed by atoms with van der Waals surface area (Å²) in [5, 5.41) is 4.12. The van der Waals surface area contributed by atoms with Gasteiger partial charge in [-0.25, -0.2) is 4.98 Å². The standard InChI is InChI=1S/C30H16N3O2.C14H16GeN.Ir/c1-4-16-26-18(8-1)19-10-6-15-25(28(19)34-26)33-24-14-3-2-13-23(24)32-29(33)22-11-5-9-20-21-12-7-17-31-30(21)35-27(20)22;1-15(2,3)13-9-10-14(16-11-13)12-7-5-4-6-8-12;/h1-10,12-17H;4-7,9-11H,1-3H3;/q2*-1;. The largest absolute Gasteiger partial charge is 0.486 e. The van der Waals surface area contributed by atoms with Gasteiger partial charge < -0.3 is 13.4 Å². The van der Waals surface area contributed by atoms with Crippen LogP contribution < -0.4 is 4.40 Å². The minimum Gasteiger partial charge on any atom is -0.486 e. The molecular weight excluding hydrogens is 881 g/mol. The third-order valence-corrected chi connectivity index (χ3v) is 13.5. The summed E-state index contributed by atoms with van der Waals surface area (Å²) in [7, 11) is 0. The normalized spacial score (nSPS) is 11.6. The molecule has 0 unspecified atom stereocenters. The minimum absolute atomic E-state index is 0. The Labute approximate surface area is 316 Å². The van der Waals surface area contributed by atoms with E-state index in [4.69, 9.17) is 13.8 Å². The molecule has 5 heterocycles. The third kappa shape index (κ3) is 5.95. The van der Waals surface area contributed by atoms with E-state index < -0.39 is 13.3 Å². The number of benzene rings is 5. The van der Waals surface area contributed by atoms with Crippen LogP contribution >= 0.6 is 0 Å². The van der Waals surface area contributed by atoms with Gasteiger partial charge in [0.25, 0.3) is 0 Å². The van der Waals surface area contributed by atoms with Gasteiger partial charge in [0.15, 0.2) is 5.58 Å². The van der Waals surface area contributed by atoms with E-state index in [-0.39, 0.29) is 20.1 Å². The van der Waals surface area contributed by atoms with Crippen LogP contribution in [0.3, 0.4) is 0 Å². The summed E-state index contributed by atoms with van der Waals surface area (Å²) >= 11 is -1.72. The van der Waals surface area contributed by atoms with Gasteiger partial charge in [0, 0.05) is 42.5 Å². The van der Waals surface area contributed by atoms with E-state index in [9.17, 15) is 0 Å². The van der Waals surface area contributed by atoms with Crippen LogP contribution in [0.25, 0.3) is 83.4 Å². The molecule has 5 aromatic heterocycles. The molecule has 10 aromatic rings. The Morgan fingerprint density at radius 3 is 2.25 bits per heavy atom. The molecule has 52 heavy (non-hydrogen) atoms. The van der Waals surface area contributed by atoms with E-state index in [1.165, 1.54) is 4.40 Å². The number of furan rings is 2. The Kier molecular flexibility index (Phi) is 8.87. The summed E-state index contributed by atoms with van der Waals surface area (Å²) in [6.45, 7) is 0. The summed E-state index contributed by atoms with van der Waals surface area (Å²) in [5.74, 6) is 7.88. The number of rotatable bonds is 4. The predicted octanol–water partition coefficient (Wildman–Crippen LogP) is 10.8. The van der Waals surface area contributed by atoms with E-state index in [2.05, 4.69) is 86.4 Å². The molecule has 0 aliphatic rings. The molecule has 8 heteroatoms. The molecule has 0 aliphatic carbocycles. The van der Waals surface area contributed by atoms with Crippen LogP contribution in [0.4, 0.5) is 0 Å². The fourth-order valence-electron chi connectivity index (χ4n) is 6.64. The van der Waals surface area contributed by atoms with Crippen molar-refractivity contribution in [1.82, 2.24) is 19.5 Å². The van der Waals surface area contributed by atoms with E-state index in [0.29, 0.717) is 5.71 Å². The number of hydrogen-bond donors (Lipinski definition) is 0. The Balaban J connectivity index is 0.000000193. The summed E-state index contributed by atoms with van der Waals surface area (Å²) in [5.41, 5.74) is 8.64. The molecule has 0 bridgehead atoms. The van der Waals surface area contributed by atoms with Crippen LogP contribution in [0.15, 0.2) is 149 Å². The maximum Gasteiger partial charge on any atom is 0.216 e. The topological polar surface area (TPSA) is 69.9 Å². The average molecular weight is 914 g/mol. The van der Waals surface area contributed by atoms with Crippen LogP contribution in [0, 0.1) is 12.1 Å². The second-order valence-corrected chi connectivity index (χ2v) is 24.2. The van der Waals surface area contributed by atoms with Gasteiger partial charge in [0.2, 0.25) is 5.71 Å². The monoisotopic (exact) mass is 915 g/mol. The molecule has 10 rings (SSSR count). The van der Waals surface area contributed by atoms with Crippen molar-refractivity contribution in [1.29, 1.82) is 0 Å². The van der Waals surface area contributed by atoms with Crippen molar-refractivity contribution in [3.8, 4) is 28.3 Å². The van der Waals surface area contributed by atoms with Crippen molar-refractivity contribution < 1.29 is 28.9 Å². The van der Waals surface area contributed by atoms with Gasteiger partial charge in [-0.15, -0.1) is 18.2 Å². The zero-order chi connectivity index (χ0) is 34.5. The number of para-hydroxylation sites is 4. The Morgan fingerprint density at radius 1 is 0.635 bits per heavy atom. The molecule has 255 valence electrons. The fraction of sp³-hybridized carbons (Fsp3) is 0.0682. The van der Waals surface area contributed by atoms with Gasteiger partial charge >= 0.3 is 99.8 Å². The van der Waals surface area contributed by atoms with Gasteiger partial charge in [0.1, 0.15) is 5.58 Å². The van der Waals surface area contributed by atoms with Crippen molar-refractivity contribution in [2.45, 2.75) is 17.3 Å². The first kappa shape index (κ1) is 33.8. The molecule has 0 atom stereocenters. The second kappa shape index (κ2) is 13.7. The number of imidazole rings is 1. The molecule has 0 N–H and O–H groups in total. The molecule has 0 aliphatic heterocycles. The maximum atomic E-state index is 6.39. The zero-order valence-electron chi connectivity index (χ0n) is 28.7. The first-order valence-electron chi connectivity index (χ1n) is 16.9. The fourth-order valence-corrected chi connectivity index (χ4v) is 8.81. The van der Waals surface area contributed by atoms with Crippen LogP contribution in [0.5, 0.6) is 0 Å². The van der Waals surface area contributed by atoms with Crippen molar-refractivity contribution in [2.24, 2.45) is 0 Å². The summed E-state index contributed by atoms with van der Waals surface area (Å²) < 4.78 is 16.2. The molecule has 6 nitrogen and oxygen atoms in total. The van der Waals surface area contributed by atoms with E-state index in [1.54, 1.807) is 6.20 Å². The van der Waals surface area contributed by atoms with Crippen molar-refractivity contribution in [3.63, 3.8) is 0 Å². The van der Waals surface area contributed by atoms with E-state index in [1.807, 2.05) is 91.1 Å². The average Bonchev–Trinajstić information content (AvgIpc) is 3.87. The first-order chi connectivity index (χ1) is 24.9. The Bertz CT molecular complexity index is 2850. The molecule has 0 saturated heterocycles. The molecule has 1 radical (unpaired) electrons. The van der Waals surface area contributed by atoms with Gasteiger partial charge in [-0.3, -0.25) is 4.98 Å². The quantitative estimate of drug-likeness (QED) is 0.130. The van der Waals surface area contributed by atoms with Gasteiger partial charge in [-0.05, 0) is 36.4 Å². The van der Waals surface area contributed by atoms with Crippen molar-refractivity contribution >= 4 is 72.7 Å².